The first kappa shape index (κ1) is 31.0. The van der Waals surface area contributed by atoms with E-state index in [0.717, 1.165) is 32.1 Å². The third kappa shape index (κ3) is 5.52. The predicted octanol–water partition coefficient (Wildman–Crippen LogP) is 3.87. The maximum atomic E-state index is 14.2. The Hall–Kier alpha value is -3.00. The molecule has 4 N–H and O–H groups in total. The van der Waals surface area contributed by atoms with Gasteiger partial charge in [-0.15, -0.1) is 11.6 Å². The van der Waals surface area contributed by atoms with Crippen molar-refractivity contribution in [3.63, 3.8) is 0 Å². The third-order valence-corrected chi connectivity index (χ3v) is 10.4. The van der Waals surface area contributed by atoms with Crippen LogP contribution in [0.2, 0.25) is 0 Å². The average molecular weight is 651 g/mol. The first-order valence-corrected chi connectivity index (χ1v) is 16.6. The molecule has 2 aromatic heterocycles. The minimum atomic E-state index is -4.31. The van der Waals surface area contributed by atoms with Gasteiger partial charge in [0.25, 0.3) is 0 Å². The molecular weight excluding hydrogens is 615 g/mol. The number of aliphatic hydroxyl groups is 1. The number of para-hydroxylation sites is 1. The van der Waals surface area contributed by atoms with Crippen molar-refractivity contribution in [2.45, 2.75) is 93.9 Å². The Morgan fingerprint density at radius 1 is 1.27 bits per heavy atom. The van der Waals surface area contributed by atoms with Crippen molar-refractivity contribution in [2.75, 3.05) is 12.3 Å². The van der Waals surface area contributed by atoms with Crippen LogP contribution in [0.25, 0.3) is 11.2 Å². The van der Waals surface area contributed by atoms with Gasteiger partial charge in [-0.1, -0.05) is 24.6 Å². The fourth-order valence-corrected chi connectivity index (χ4v) is 7.95. The molecule has 238 valence electrons. The topological polar surface area (TPSA) is 182 Å². The quantitative estimate of drug-likeness (QED) is 0.155. The second kappa shape index (κ2) is 11.7. The fraction of sp³-hybridized carbons (Fsp3) is 0.571. The van der Waals surface area contributed by atoms with Crippen LogP contribution in [0.3, 0.4) is 0 Å². The second-order valence-corrected chi connectivity index (χ2v) is 13.9. The van der Waals surface area contributed by atoms with Gasteiger partial charge in [0.2, 0.25) is 11.8 Å². The molecule has 0 spiro atoms. The molecule has 2 aliphatic carbocycles. The number of fused-ring (bicyclic) bond motifs is 2. The number of aromatic nitrogens is 4. The highest BCUT2D eigenvalue weighted by Crippen LogP contribution is 2.67. The summed E-state index contributed by atoms with van der Waals surface area (Å²) in [6.07, 6.45) is 2.77. The molecule has 44 heavy (non-hydrogen) atoms. The first-order valence-electron chi connectivity index (χ1n) is 14.7. The Kier molecular flexibility index (Phi) is 8.27. The highest BCUT2D eigenvalue weighted by molar-refractivity contribution is 7.52. The van der Waals surface area contributed by atoms with Gasteiger partial charge in [0.05, 0.1) is 12.9 Å². The van der Waals surface area contributed by atoms with Crippen molar-refractivity contribution in [1.29, 1.82) is 0 Å². The highest BCUT2D eigenvalue weighted by atomic mass is 35.5. The number of nitrogens with one attached hydrogen (secondary N) is 1. The Labute approximate surface area is 259 Å². The molecule has 0 amide bonds. The van der Waals surface area contributed by atoms with Gasteiger partial charge in [-0.25, -0.2) is 9.55 Å². The van der Waals surface area contributed by atoms with Gasteiger partial charge in [-0.3, -0.25) is 13.9 Å². The summed E-state index contributed by atoms with van der Waals surface area (Å²) >= 11 is 7.01. The SMILES string of the molecule is CCOc1nc(N)nc2c1ncn2C1O[C@@H]2C(OP(=O)(N[C@@H](C)C(=O)OC3CCCCC3)Oc3ccccc3)[C@]2(O)[C@@]1(C)Cl. The summed E-state index contributed by atoms with van der Waals surface area (Å²) < 4.78 is 44.9. The van der Waals surface area contributed by atoms with E-state index in [1.807, 2.05) is 0 Å². The first-order chi connectivity index (χ1) is 21.0. The van der Waals surface area contributed by atoms with Gasteiger partial charge in [-0.2, -0.15) is 15.1 Å². The monoisotopic (exact) mass is 650 g/mol. The predicted molar refractivity (Wildman–Crippen MR) is 159 cm³/mol. The fourth-order valence-electron chi connectivity index (χ4n) is 5.88. The lowest BCUT2D eigenvalue weighted by molar-refractivity contribution is -0.152. The molecule has 14 nitrogen and oxygen atoms in total. The number of imidazole rings is 1. The number of halogens is 1. The lowest BCUT2D eigenvalue weighted by atomic mass is 9.98. The van der Waals surface area contributed by atoms with Crippen LogP contribution < -0.4 is 20.1 Å². The lowest BCUT2D eigenvalue weighted by Gasteiger charge is -2.33. The van der Waals surface area contributed by atoms with Crippen LogP contribution in [0.15, 0.2) is 36.7 Å². The summed E-state index contributed by atoms with van der Waals surface area (Å²) in [6, 6.07) is 7.32. The average Bonchev–Trinajstić information content (AvgIpc) is 3.22. The zero-order valence-corrected chi connectivity index (χ0v) is 26.2. The molecule has 1 aromatic carbocycles. The van der Waals surface area contributed by atoms with Crippen molar-refractivity contribution in [1.82, 2.24) is 24.6 Å². The van der Waals surface area contributed by atoms with E-state index in [4.69, 9.17) is 40.6 Å². The number of alkyl halides is 1. The summed E-state index contributed by atoms with van der Waals surface area (Å²) in [5.41, 5.74) is 4.74. The van der Waals surface area contributed by atoms with Crippen LogP contribution in [-0.2, 0) is 23.4 Å². The Bertz CT molecular complexity index is 1570. The van der Waals surface area contributed by atoms with E-state index in [-0.39, 0.29) is 23.7 Å². The highest BCUT2D eigenvalue weighted by Gasteiger charge is 2.84. The second-order valence-electron chi connectivity index (χ2n) is 11.4. The number of rotatable bonds is 11. The van der Waals surface area contributed by atoms with E-state index in [0.29, 0.717) is 17.8 Å². The van der Waals surface area contributed by atoms with Gasteiger partial charge in [-0.05, 0) is 58.6 Å². The molecular formula is C28H36ClN6O8P. The maximum Gasteiger partial charge on any atom is 0.459 e. The maximum absolute atomic E-state index is 14.2. The molecule has 1 aliphatic heterocycles. The van der Waals surface area contributed by atoms with E-state index in [9.17, 15) is 14.5 Å². The molecule has 0 bridgehead atoms. The number of hydrogen-bond acceptors (Lipinski definition) is 12. The number of benzene rings is 1. The number of nitrogens with zero attached hydrogens (tertiary/aromatic N) is 4. The largest absolute Gasteiger partial charge is 0.476 e. The Balaban J connectivity index is 1.22. The molecule has 3 heterocycles. The molecule has 3 unspecified atom stereocenters. The van der Waals surface area contributed by atoms with Crippen molar-refractivity contribution < 1.29 is 37.7 Å². The van der Waals surface area contributed by atoms with Gasteiger partial charge < -0.3 is 29.6 Å². The van der Waals surface area contributed by atoms with E-state index < -0.39 is 48.7 Å². The third-order valence-electron chi connectivity index (χ3n) is 8.26. The van der Waals surface area contributed by atoms with Gasteiger partial charge >= 0.3 is 13.7 Å². The van der Waals surface area contributed by atoms with Gasteiger partial charge in [0, 0.05) is 0 Å². The van der Waals surface area contributed by atoms with Crippen LogP contribution in [0.4, 0.5) is 5.95 Å². The number of esters is 1. The van der Waals surface area contributed by atoms with Crippen molar-refractivity contribution in [3.8, 4) is 11.6 Å². The molecule has 0 radical (unpaired) electrons. The summed E-state index contributed by atoms with van der Waals surface area (Å²) in [5.74, 6) is -0.184. The van der Waals surface area contributed by atoms with Crippen LogP contribution in [0.1, 0.15) is 59.1 Å². The smallest absolute Gasteiger partial charge is 0.459 e. The summed E-state index contributed by atoms with van der Waals surface area (Å²) in [6.45, 7) is 5.23. The normalized spacial score (nSPS) is 30.3. The molecule has 16 heteroatoms. The van der Waals surface area contributed by atoms with E-state index in [2.05, 4.69) is 20.0 Å². The van der Waals surface area contributed by atoms with Gasteiger partial charge in [0.1, 0.15) is 40.6 Å². The van der Waals surface area contributed by atoms with Crippen molar-refractivity contribution in [3.05, 3.63) is 36.7 Å². The summed E-state index contributed by atoms with van der Waals surface area (Å²) in [4.78, 5) is 24.1. The number of carbonyl (C=O) groups is 1. The standard InChI is InChI=1S/C28H36ClN6O8P/c1-4-39-23-19-22(32-26(30)33-23)35(15-31-19)25-27(3,29)28(37)20(41-25)21(28)43-44(38,42-18-13-9-6-10-14-18)34-16(2)24(36)40-17-11-7-5-8-12-17/h6,9-10,13-17,20-21,25,37H,4-5,7-8,11-12H2,1-3H3,(H,34,38)(H2,30,32,33)/t16-,20+,21?,25?,27-,28-,44?/m0/s1. The van der Waals surface area contributed by atoms with Gasteiger partial charge in [0.15, 0.2) is 17.4 Å². The van der Waals surface area contributed by atoms with Crippen LogP contribution >= 0.6 is 19.3 Å². The number of hydrogen-bond donors (Lipinski definition) is 3. The lowest BCUT2D eigenvalue weighted by Crippen LogP contribution is -2.45. The van der Waals surface area contributed by atoms with E-state index in [1.165, 1.54) is 17.8 Å². The van der Waals surface area contributed by atoms with Crippen molar-refractivity contribution in [2.24, 2.45) is 0 Å². The summed E-state index contributed by atoms with van der Waals surface area (Å²) in [7, 11) is -4.31. The minimum Gasteiger partial charge on any atom is -0.476 e. The van der Waals surface area contributed by atoms with Crippen LogP contribution in [0.5, 0.6) is 11.6 Å². The molecule has 3 aromatic rings. The van der Waals surface area contributed by atoms with Crippen molar-refractivity contribution >= 4 is 42.4 Å². The number of nitrogen functional groups attached to an aromatic ring is 1. The molecule has 3 aliphatic rings. The zero-order valence-electron chi connectivity index (χ0n) is 24.6. The number of nitrogens with two attached hydrogens (primary N) is 1. The van der Waals surface area contributed by atoms with E-state index in [1.54, 1.807) is 44.2 Å². The number of ether oxygens (including phenoxy) is 3. The van der Waals surface area contributed by atoms with Crippen LogP contribution in [-0.4, -0.2) is 72.0 Å². The zero-order chi connectivity index (χ0) is 31.3. The molecule has 7 atom stereocenters. The molecule has 3 fully saturated rings. The Morgan fingerprint density at radius 2 is 2.00 bits per heavy atom. The van der Waals surface area contributed by atoms with E-state index >= 15 is 0 Å². The minimum absolute atomic E-state index is 0.0386. The Morgan fingerprint density at radius 3 is 2.66 bits per heavy atom. The molecule has 6 rings (SSSR count). The number of carbonyl (C=O) groups excluding carboxylic acids is 1. The molecule has 1 saturated heterocycles. The molecule has 2 saturated carbocycles. The summed E-state index contributed by atoms with van der Waals surface area (Å²) in [5, 5.41) is 14.5. The van der Waals surface area contributed by atoms with Crippen LogP contribution in [0, 0.1) is 0 Å². The number of anilines is 1.